The molecule has 0 spiro atoms. The van der Waals surface area contributed by atoms with Crippen LogP contribution in [0.4, 0.5) is 5.69 Å². The molecule has 1 amide bonds. The smallest absolute Gasteiger partial charge is 0.256 e. The maximum atomic E-state index is 12.6. The molecule has 6 heteroatoms. The Morgan fingerprint density at radius 1 is 1.55 bits per heavy atom. The van der Waals surface area contributed by atoms with Gasteiger partial charge in [0.2, 0.25) is 0 Å². The van der Waals surface area contributed by atoms with E-state index in [0.717, 1.165) is 0 Å². The lowest BCUT2D eigenvalue weighted by molar-refractivity contribution is 0.0700. The van der Waals surface area contributed by atoms with Crippen LogP contribution in [0.25, 0.3) is 0 Å². The molecule has 1 aliphatic rings. The van der Waals surface area contributed by atoms with Gasteiger partial charge in [0, 0.05) is 19.1 Å². The van der Waals surface area contributed by atoms with Crippen molar-refractivity contribution in [2.45, 2.75) is 18.6 Å². The summed E-state index contributed by atoms with van der Waals surface area (Å²) in [5, 5.41) is 10.2. The van der Waals surface area contributed by atoms with E-state index < -0.39 is 6.10 Å². The molecule has 5 nitrogen and oxygen atoms in total. The summed E-state index contributed by atoms with van der Waals surface area (Å²) in [7, 11) is 3.89. The highest BCUT2D eigenvalue weighted by Gasteiger charge is 2.35. The quantitative estimate of drug-likeness (QED) is 0.819. The number of likely N-dealkylation sites (N-methyl/N-ethyl adjacent to an activating group) is 1. The van der Waals surface area contributed by atoms with Crippen molar-refractivity contribution in [3.05, 3.63) is 28.8 Å². The minimum Gasteiger partial charge on any atom is -0.397 e. The molecule has 110 valence electrons. The number of rotatable bonds is 3. The normalized spacial score (nSPS) is 22.6. The molecule has 0 aliphatic carbocycles. The predicted molar refractivity (Wildman–Crippen MR) is 79.9 cm³/mol. The van der Waals surface area contributed by atoms with Gasteiger partial charge in [-0.05, 0) is 32.6 Å². The molecule has 1 aromatic rings. The van der Waals surface area contributed by atoms with Crippen LogP contribution in [0.2, 0.25) is 5.02 Å². The highest BCUT2D eigenvalue weighted by atomic mass is 35.5. The summed E-state index contributed by atoms with van der Waals surface area (Å²) < 4.78 is 0. The van der Waals surface area contributed by atoms with Crippen molar-refractivity contribution in [2.24, 2.45) is 0 Å². The van der Waals surface area contributed by atoms with E-state index >= 15 is 0 Å². The second-order valence-electron chi connectivity index (χ2n) is 5.46. The van der Waals surface area contributed by atoms with E-state index in [1.54, 1.807) is 23.1 Å². The van der Waals surface area contributed by atoms with Crippen molar-refractivity contribution >= 4 is 23.2 Å². The maximum Gasteiger partial charge on any atom is 0.256 e. The van der Waals surface area contributed by atoms with Gasteiger partial charge in [-0.1, -0.05) is 17.7 Å². The fraction of sp³-hybridized carbons (Fsp3) is 0.500. The molecule has 1 saturated heterocycles. The van der Waals surface area contributed by atoms with E-state index in [9.17, 15) is 9.90 Å². The Bertz CT molecular complexity index is 507. The molecular formula is C14H20ClN3O2. The zero-order valence-corrected chi connectivity index (χ0v) is 12.5. The Morgan fingerprint density at radius 3 is 2.90 bits per heavy atom. The molecule has 1 aliphatic heterocycles. The van der Waals surface area contributed by atoms with Crippen LogP contribution in [-0.2, 0) is 0 Å². The van der Waals surface area contributed by atoms with Gasteiger partial charge in [-0.25, -0.2) is 0 Å². The Hall–Kier alpha value is -1.30. The SMILES string of the molecule is CN(C)CC1CC(O)CN1C(=O)c1cccc(Cl)c1N. The molecule has 0 bridgehead atoms. The van der Waals surface area contributed by atoms with Crippen molar-refractivity contribution < 1.29 is 9.90 Å². The van der Waals surface area contributed by atoms with Gasteiger partial charge < -0.3 is 20.6 Å². The molecular weight excluding hydrogens is 278 g/mol. The van der Waals surface area contributed by atoms with Crippen molar-refractivity contribution in [1.29, 1.82) is 0 Å². The number of likely N-dealkylation sites (tertiary alicyclic amines) is 1. The van der Waals surface area contributed by atoms with Crippen molar-refractivity contribution in [2.75, 3.05) is 32.9 Å². The van der Waals surface area contributed by atoms with Gasteiger partial charge in [0.1, 0.15) is 0 Å². The van der Waals surface area contributed by atoms with E-state index in [4.69, 9.17) is 17.3 Å². The van der Waals surface area contributed by atoms with Gasteiger partial charge in [-0.3, -0.25) is 4.79 Å². The number of amides is 1. The third-order valence-electron chi connectivity index (χ3n) is 3.51. The predicted octanol–water partition coefficient (Wildman–Crippen LogP) is 1.06. The second kappa shape index (κ2) is 5.99. The van der Waals surface area contributed by atoms with Crippen LogP contribution in [0.1, 0.15) is 16.8 Å². The Morgan fingerprint density at radius 2 is 2.25 bits per heavy atom. The first-order valence-corrected chi connectivity index (χ1v) is 6.95. The number of anilines is 1. The molecule has 2 rings (SSSR count). The molecule has 3 N–H and O–H groups in total. The largest absolute Gasteiger partial charge is 0.397 e. The number of carbonyl (C=O) groups is 1. The number of hydrogen-bond acceptors (Lipinski definition) is 4. The average molecular weight is 298 g/mol. The van der Waals surface area contributed by atoms with Gasteiger partial charge in [-0.2, -0.15) is 0 Å². The second-order valence-corrected chi connectivity index (χ2v) is 5.87. The van der Waals surface area contributed by atoms with Crippen LogP contribution in [0.5, 0.6) is 0 Å². The Kier molecular flexibility index (Phi) is 4.52. The maximum absolute atomic E-state index is 12.6. The van der Waals surface area contributed by atoms with E-state index in [1.807, 2.05) is 19.0 Å². The highest BCUT2D eigenvalue weighted by molar-refractivity contribution is 6.33. The minimum absolute atomic E-state index is 0.00844. The third kappa shape index (κ3) is 3.06. The first-order valence-electron chi connectivity index (χ1n) is 6.58. The van der Waals surface area contributed by atoms with Crippen molar-refractivity contribution in [1.82, 2.24) is 9.80 Å². The van der Waals surface area contributed by atoms with Crippen molar-refractivity contribution in [3.63, 3.8) is 0 Å². The number of halogens is 1. The van der Waals surface area contributed by atoms with Gasteiger partial charge in [0.05, 0.1) is 22.4 Å². The summed E-state index contributed by atoms with van der Waals surface area (Å²) in [5.74, 6) is -0.173. The summed E-state index contributed by atoms with van der Waals surface area (Å²) in [6.07, 6.45) is 0.106. The van der Waals surface area contributed by atoms with Crippen LogP contribution in [0, 0.1) is 0 Å². The van der Waals surface area contributed by atoms with Gasteiger partial charge >= 0.3 is 0 Å². The van der Waals surface area contributed by atoms with Crippen LogP contribution in [0.15, 0.2) is 18.2 Å². The molecule has 0 aromatic heterocycles. The minimum atomic E-state index is -0.482. The van der Waals surface area contributed by atoms with E-state index in [-0.39, 0.29) is 11.9 Å². The summed E-state index contributed by atoms with van der Waals surface area (Å²) in [6, 6.07) is 5.02. The highest BCUT2D eigenvalue weighted by Crippen LogP contribution is 2.27. The summed E-state index contributed by atoms with van der Waals surface area (Å²) in [6.45, 7) is 1.05. The number of aliphatic hydroxyl groups is 1. The molecule has 20 heavy (non-hydrogen) atoms. The number of aliphatic hydroxyl groups excluding tert-OH is 1. The molecule has 0 radical (unpaired) electrons. The zero-order valence-electron chi connectivity index (χ0n) is 11.7. The number of hydrogen-bond donors (Lipinski definition) is 2. The van der Waals surface area contributed by atoms with Crippen molar-refractivity contribution in [3.8, 4) is 0 Å². The fourth-order valence-corrected chi connectivity index (χ4v) is 2.79. The lowest BCUT2D eigenvalue weighted by Crippen LogP contribution is -2.41. The lowest BCUT2D eigenvalue weighted by atomic mass is 10.1. The Labute approximate surface area is 123 Å². The topological polar surface area (TPSA) is 69.8 Å². The molecule has 2 unspecified atom stereocenters. The van der Waals surface area contributed by atoms with Crippen LogP contribution < -0.4 is 5.73 Å². The molecule has 1 heterocycles. The number of carbonyl (C=O) groups excluding carboxylic acids is 1. The number of para-hydroxylation sites is 1. The van der Waals surface area contributed by atoms with E-state index in [0.29, 0.717) is 35.8 Å². The fourth-order valence-electron chi connectivity index (χ4n) is 2.61. The summed E-state index contributed by atoms with van der Waals surface area (Å²) in [5.41, 5.74) is 6.57. The molecule has 1 aromatic carbocycles. The first kappa shape index (κ1) is 15.1. The van der Waals surface area contributed by atoms with Gasteiger partial charge in [-0.15, -0.1) is 0 Å². The monoisotopic (exact) mass is 297 g/mol. The number of nitrogens with zero attached hydrogens (tertiary/aromatic N) is 2. The lowest BCUT2D eigenvalue weighted by Gasteiger charge is -2.27. The van der Waals surface area contributed by atoms with Crippen LogP contribution in [0.3, 0.4) is 0 Å². The summed E-state index contributed by atoms with van der Waals surface area (Å²) in [4.78, 5) is 16.3. The van der Waals surface area contributed by atoms with E-state index in [1.165, 1.54) is 0 Å². The number of nitrogen functional groups attached to an aromatic ring is 1. The number of β-amino-alcohol motifs (C(OH)–C–C–N with tert-alkyl or cyclic N) is 1. The molecule has 0 saturated carbocycles. The molecule has 1 fully saturated rings. The standard InChI is InChI=1S/C14H20ClN3O2/c1-17(2)7-9-6-10(19)8-18(9)14(20)11-4-3-5-12(15)13(11)16/h3-5,9-10,19H,6-8,16H2,1-2H3. The number of benzene rings is 1. The van der Waals surface area contributed by atoms with E-state index in [2.05, 4.69) is 0 Å². The average Bonchev–Trinajstić information content (AvgIpc) is 2.72. The third-order valence-corrected chi connectivity index (χ3v) is 3.84. The van der Waals surface area contributed by atoms with Crippen LogP contribution in [-0.4, -0.2) is 60.1 Å². The van der Waals surface area contributed by atoms with Crippen LogP contribution >= 0.6 is 11.6 Å². The number of nitrogens with two attached hydrogens (primary N) is 1. The van der Waals surface area contributed by atoms with Gasteiger partial charge in [0.15, 0.2) is 0 Å². The molecule has 2 atom stereocenters. The van der Waals surface area contributed by atoms with Gasteiger partial charge in [0.25, 0.3) is 5.91 Å². The summed E-state index contributed by atoms with van der Waals surface area (Å²) >= 11 is 5.96. The first-order chi connectivity index (χ1) is 9.40. The Balaban J connectivity index is 2.24. The zero-order chi connectivity index (χ0) is 14.9.